The van der Waals surface area contributed by atoms with Crippen molar-refractivity contribution in [2.24, 2.45) is 11.8 Å². The molecule has 0 spiro atoms. The molecule has 1 aliphatic heterocycles. The lowest BCUT2D eigenvalue weighted by molar-refractivity contribution is 0.180. The predicted molar refractivity (Wildman–Crippen MR) is 95.0 cm³/mol. The maximum atomic E-state index is 2.74. The van der Waals surface area contributed by atoms with Gasteiger partial charge in [0.2, 0.25) is 0 Å². The average molecular weight is 301 g/mol. The maximum Gasteiger partial charge on any atom is 0.0243 e. The molecule has 0 aromatic heterocycles. The minimum atomic E-state index is 0.667. The average Bonchev–Trinajstić information content (AvgIpc) is 3.16. The van der Waals surface area contributed by atoms with E-state index in [9.17, 15) is 0 Å². The van der Waals surface area contributed by atoms with Gasteiger partial charge in [-0.15, -0.1) is 0 Å². The molecule has 0 N–H and O–H groups in total. The van der Waals surface area contributed by atoms with E-state index < -0.39 is 0 Å². The highest BCUT2D eigenvalue weighted by molar-refractivity contribution is 5.59. The van der Waals surface area contributed by atoms with Crippen LogP contribution in [0.3, 0.4) is 0 Å². The Morgan fingerprint density at radius 1 is 0.913 bits per heavy atom. The zero-order valence-electron chi connectivity index (χ0n) is 13.7. The van der Waals surface area contributed by atoms with Gasteiger partial charge in [-0.05, 0) is 40.5 Å². The lowest BCUT2D eigenvalue weighted by Gasteiger charge is -2.34. The predicted octanol–water partition coefficient (Wildman–Crippen LogP) is 4.84. The van der Waals surface area contributed by atoms with E-state index in [2.05, 4.69) is 72.5 Å². The second-order valence-electron chi connectivity index (χ2n) is 7.55. The summed E-state index contributed by atoms with van der Waals surface area (Å²) in [7, 11) is 0. The van der Waals surface area contributed by atoms with Gasteiger partial charge in [0.15, 0.2) is 0 Å². The number of benzene rings is 2. The summed E-state index contributed by atoms with van der Waals surface area (Å²) in [6, 6.07) is 18.7. The molecule has 5 rings (SSSR count). The number of rotatable bonds is 1. The van der Waals surface area contributed by atoms with Gasteiger partial charge in [0.05, 0.1) is 0 Å². The third-order valence-electron chi connectivity index (χ3n) is 6.29. The fraction of sp³-hybridized carbons (Fsp3) is 0.364. The van der Waals surface area contributed by atoms with E-state index in [1.807, 2.05) is 0 Å². The molecular formula is C22H23N. The third-order valence-corrected chi connectivity index (χ3v) is 6.29. The molecule has 1 heterocycles. The quantitative estimate of drug-likeness (QED) is 0.728. The minimum Gasteiger partial charge on any atom is -0.291 e. The zero-order chi connectivity index (χ0) is 15.4. The highest BCUT2D eigenvalue weighted by Crippen LogP contribution is 2.51. The Hall–Kier alpha value is -1.86. The van der Waals surface area contributed by atoms with Crippen molar-refractivity contribution >= 4 is 6.08 Å². The lowest BCUT2D eigenvalue weighted by atomic mass is 9.78. The standard InChI is InChI=1S/C22H23N/c1-15-12-21(23-13-17-7-2-3-8-18(17)14-23)22-19(15)11-10-16-6-4-5-9-20(16)22/h2-11,15,19,21-22H,12-14H2,1H3. The summed E-state index contributed by atoms with van der Waals surface area (Å²) in [6.07, 6.45) is 6.16. The van der Waals surface area contributed by atoms with Crippen LogP contribution < -0.4 is 0 Å². The van der Waals surface area contributed by atoms with Gasteiger partial charge in [-0.2, -0.15) is 0 Å². The molecule has 0 radical (unpaired) electrons. The fourth-order valence-electron chi connectivity index (χ4n) is 5.17. The summed E-state index contributed by atoms with van der Waals surface area (Å²) in [4.78, 5) is 2.74. The van der Waals surface area contributed by atoms with Crippen LogP contribution in [-0.2, 0) is 13.1 Å². The molecule has 2 aliphatic carbocycles. The van der Waals surface area contributed by atoms with E-state index >= 15 is 0 Å². The highest BCUT2D eigenvalue weighted by Gasteiger charge is 2.45. The van der Waals surface area contributed by atoms with Crippen LogP contribution in [0.2, 0.25) is 0 Å². The molecule has 1 fully saturated rings. The molecule has 1 saturated carbocycles. The fourth-order valence-corrected chi connectivity index (χ4v) is 5.17. The van der Waals surface area contributed by atoms with Gasteiger partial charge >= 0.3 is 0 Å². The third kappa shape index (κ3) is 2.03. The summed E-state index contributed by atoms with van der Waals surface area (Å²) in [5.74, 6) is 2.15. The van der Waals surface area contributed by atoms with Gasteiger partial charge in [-0.25, -0.2) is 0 Å². The largest absolute Gasteiger partial charge is 0.291 e. The molecule has 116 valence electrons. The summed E-state index contributed by atoms with van der Waals surface area (Å²) < 4.78 is 0. The van der Waals surface area contributed by atoms with Crippen LogP contribution in [0.5, 0.6) is 0 Å². The Morgan fingerprint density at radius 2 is 1.61 bits per heavy atom. The Bertz CT molecular complexity index is 750. The molecule has 23 heavy (non-hydrogen) atoms. The van der Waals surface area contributed by atoms with Gasteiger partial charge in [-0.1, -0.05) is 67.6 Å². The summed E-state index contributed by atoms with van der Waals surface area (Å²) in [6.45, 7) is 4.70. The number of fused-ring (bicyclic) bond motifs is 4. The van der Waals surface area contributed by atoms with Crippen molar-refractivity contribution in [1.82, 2.24) is 4.90 Å². The van der Waals surface area contributed by atoms with Gasteiger partial charge < -0.3 is 0 Å². The van der Waals surface area contributed by atoms with E-state index in [0.29, 0.717) is 17.9 Å². The summed E-state index contributed by atoms with van der Waals surface area (Å²) in [5.41, 5.74) is 6.07. The second-order valence-corrected chi connectivity index (χ2v) is 7.55. The number of hydrogen-bond acceptors (Lipinski definition) is 1. The molecule has 1 nitrogen and oxygen atoms in total. The van der Waals surface area contributed by atoms with Gasteiger partial charge in [-0.3, -0.25) is 4.90 Å². The Labute approximate surface area is 138 Å². The van der Waals surface area contributed by atoms with Crippen LogP contribution in [0.25, 0.3) is 6.08 Å². The van der Waals surface area contributed by atoms with Crippen LogP contribution in [0, 0.1) is 11.8 Å². The second kappa shape index (κ2) is 5.07. The first kappa shape index (κ1) is 13.6. The Morgan fingerprint density at radius 3 is 2.39 bits per heavy atom. The van der Waals surface area contributed by atoms with Crippen molar-refractivity contribution in [1.29, 1.82) is 0 Å². The van der Waals surface area contributed by atoms with Crippen LogP contribution >= 0.6 is 0 Å². The molecular weight excluding hydrogens is 278 g/mol. The van der Waals surface area contributed by atoms with Crippen molar-refractivity contribution in [3.8, 4) is 0 Å². The Balaban J connectivity index is 1.52. The van der Waals surface area contributed by atoms with E-state index in [1.165, 1.54) is 23.1 Å². The van der Waals surface area contributed by atoms with Gasteiger partial charge in [0.1, 0.15) is 0 Å². The summed E-state index contributed by atoms with van der Waals surface area (Å²) >= 11 is 0. The molecule has 2 aromatic carbocycles. The monoisotopic (exact) mass is 301 g/mol. The minimum absolute atomic E-state index is 0.667. The molecule has 0 saturated heterocycles. The van der Waals surface area contributed by atoms with Gasteiger partial charge in [0, 0.05) is 25.0 Å². The van der Waals surface area contributed by atoms with E-state index in [4.69, 9.17) is 0 Å². The molecule has 4 atom stereocenters. The van der Waals surface area contributed by atoms with Crippen LogP contribution in [0.15, 0.2) is 54.6 Å². The molecule has 2 aromatic rings. The van der Waals surface area contributed by atoms with E-state index in [-0.39, 0.29) is 0 Å². The van der Waals surface area contributed by atoms with E-state index in [0.717, 1.165) is 19.0 Å². The molecule has 0 bridgehead atoms. The first-order valence-electron chi connectivity index (χ1n) is 8.89. The van der Waals surface area contributed by atoms with Crippen molar-refractivity contribution in [3.63, 3.8) is 0 Å². The Kier molecular flexibility index (Phi) is 2.99. The summed E-state index contributed by atoms with van der Waals surface area (Å²) in [5, 5.41) is 0. The molecule has 3 aliphatic rings. The number of nitrogens with zero attached hydrogens (tertiary/aromatic N) is 1. The normalized spacial score (nSPS) is 31.7. The molecule has 0 amide bonds. The van der Waals surface area contributed by atoms with Crippen LogP contribution in [0.4, 0.5) is 0 Å². The van der Waals surface area contributed by atoms with E-state index in [1.54, 1.807) is 5.56 Å². The maximum absolute atomic E-state index is 2.74. The lowest BCUT2D eigenvalue weighted by Crippen LogP contribution is -2.34. The van der Waals surface area contributed by atoms with Crippen molar-refractivity contribution in [2.75, 3.05) is 0 Å². The first-order valence-corrected chi connectivity index (χ1v) is 8.89. The number of allylic oxidation sites excluding steroid dienone is 1. The first-order chi connectivity index (χ1) is 11.3. The smallest absolute Gasteiger partial charge is 0.0243 e. The molecule has 4 unspecified atom stereocenters. The SMILES string of the molecule is CC1CC(N2Cc3ccccc3C2)C2c3ccccc3C=CC12. The van der Waals surface area contributed by atoms with Gasteiger partial charge in [0.25, 0.3) is 0 Å². The van der Waals surface area contributed by atoms with Crippen molar-refractivity contribution in [2.45, 2.75) is 38.4 Å². The highest BCUT2D eigenvalue weighted by atomic mass is 15.2. The molecule has 1 heteroatoms. The van der Waals surface area contributed by atoms with Crippen LogP contribution in [0.1, 0.15) is 41.5 Å². The van der Waals surface area contributed by atoms with Crippen molar-refractivity contribution < 1.29 is 0 Å². The van der Waals surface area contributed by atoms with Crippen molar-refractivity contribution in [3.05, 3.63) is 76.9 Å². The van der Waals surface area contributed by atoms with Crippen LogP contribution in [-0.4, -0.2) is 10.9 Å². The zero-order valence-corrected chi connectivity index (χ0v) is 13.7. The topological polar surface area (TPSA) is 3.24 Å². The number of hydrogen-bond donors (Lipinski definition) is 0.